The third kappa shape index (κ3) is 6.01. The van der Waals surface area contributed by atoms with E-state index in [0.29, 0.717) is 50.0 Å². The standard InChI is InChI=1S/C27H25FIN3O5/c1-15(2)14-36-25-12-21-17(11-24(25)35-4)23(6-8-31-21)37-26-19(28)9-16(10-20(26)29)32-27(33)18-13-30-7-5-22(18)34-3/h5-13,15H,14H2,1-4H3,(H,32,33). The summed E-state index contributed by atoms with van der Waals surface area (Å²) in [5.41, 5.74) is 1.11. The van der Waals surface area contributed by atoms with E-state index in [-0.39, 0.29) is 17.0 Å². The van der Waals surface area contributed by atoms with E-state index in [1.54, 1.807) is 43.6 Å². The number of benzene rings is 2. The number of aromatic nitrogens is 2. The van der Waals surface area contributed by atoms with E-state index in [1.807, 2.05) is 22.6 Å². The summed E-state index contributed by atoms with van der Waals surface area (Å²) in [7, 11) is 3.01. The fourth-order valence-electron chi connectivity index (χ4n) is 3.51. The van der Waals surface area contributed by atoms with Crippen molar-refractivity contribution in [2.75, 3.05) is 26.1 Å². The zero-order valence-corrected chi connectivity index (χ0v) is 22.8. The van der Waals surface area contributed by atoms with Gasteiger partial charge in [-0.25, -0.2) is 4.39 Å². The fourth-order valence-corrected chi connectivity index (χ4v) is 4.22. The molecule has 2 aromatic carbocycles. The van der Waals surface area contributed by atoms with Gasteiger partial charge in [-0.2, -0.15) is 0 Å². The monoisotopic (exact) mass is 617 g/mol. The molecule has 1 N–H and O–H groups in total. The lowest BCUT2D eigenvalue weighted by Gasteiger charge is -2.16. The first-order chi connectivity index (χ1) is 17.8. The molecule has 0 radical (unpaired) electrons. The Morgan fingerprint density at radius 1 is 1.03 bits per heavy atom. The number of fused-ring (bicyclic) bond motifs is 1. The summed E-state index contributed by atoms with van der Waals surface area (Å²) in [5, 5.41) is 3.31. The van der Waals surface area contributed by atoms with Gasteiger partial charge in [0.15, 0.2) is 23.1 Å². The van der Waals surface area contributed by atoms with E-state index in [4.69, 9.17) is 18.9 Å². The zero-order chi connectivity index (χ0) is 26.5. The molecule has 4 aromatic rings. The van der Waals surface area contributed by atoms with Gasteiger partial charge in [0.05, 0.1) is 35.5 Å². The lowest BCUT2D eigenvalue weighted by Crippen LogP contribution is -2.14. The predicted octanol–water partition coefficient (Wildman–Crippen LogP) is 6.47. The second kappa shape index (κ2) is 11.6. The summed E-state index contributed by atoms with van der Waals surface area (Å²) in [4.78, 5) is 21.1. The van der Waals surface area contributed by atoms with Gasteiger partial charge in [-0.1, -0.05) is 13.8 Å². The highest BCUT2D eigenvalue weighted by Crippen LogP contribution is 2.39. The number of hydrogen-bond acceptors (Lipinski definition) is 7. The van der Waals surface area contributed by atoms with Crippen LogP contribution < -0.4 is 24.3 Å². The smallest absolute Gasteiger partial charge is 0.261 e. The van der Waals surface area contributed by atoms with Gasteiger partial charge >= 0.3 is 0 Å². The van der Waals surface area contributed by atoms with E-state index in [1.165, 1.54) is 25.6 Å². The van der Waals surface area contributed by atoms with Crippen LogP contribution in [-0.4, -0.2) is 36.7 Å². The topological polar surface area (TPSA) is 91.8 Å². The summed E-state index contributed by atoms with van der Waals surface area (Å²) >= 11 is 1.96. The first-order valence-electron chi connectivity index (χ1n) is 11.4. The number of halogens is 2. The van der Waals surface area contributed by atoms with Gasteiger partial charge in [0.2, 0.25) is 0 Å². The van der Waals surface area contributed by atoms with Crippen molar-refractivity contribution in [3.05, 3.63) is 69.9 Å². The molecule has 8 nitrogen and oxygen atoms in total. The minimum atomic E-state index is -0.644. The van der Waals surface area contributed by atoms with Crippen LogP contribution >= 0.6 is 22.6 Å². The normalized spacial score (nSPS) is 10.9. The van der Waals surface area contributed by atoms with E-state index >= 15 is 4.39 Å². The molecule has 1 amide bonds. The van der Waals surface area contributed by atoms with Crippen molar-refractivity contribution >= 4 is 45.1 Å². The summed E-state index contributed by atoms with van der Waals surface area (Å²) in [6.07, 6.45) is 4.48. The second-order valence-electron chi connectivity index (χ2n) is 8.44. The molecule has 10 heteroatoms. The number of anilines is 1. The molecule has 192 valence electrons. The number of carbonyl (C=O) groups excluding carboxylic acids is 1. The Labute approximate surface area is 227 Å². The highest BCUT2D eigenvalue weighted by atomic mass is 127. The molecule has 2 heterocycles. The first kappa shape index (κ1) is 26.4. The molecule has 0 aliphatic carbocycles. The van der Waals surface area contributed by atoms with Crippen molar-refractivity contribution in [3.63, 3.8) is 0 Å². The fraction of sp³-hybridized carbons (Fsp3) is 0.222. The Bertz CT molecular complexity index is 1420. The number of carbonyl (C=O) groups is 1. The van der Waals surface area contributed by atoms with Gasteiger partial charge in [0.1, 0.15) is 11.5 Å². The lowest BCUT2D eigenvalue weighted by atomic mass is 10.1. The Kier molecular flexibility index (Phi) is 8.27. The van der Waals surface area contributed by atoms with Gasteiger partial charge in [0.25, 0.3) is 5.91 Å². The van der Waals surface area contributed by atoms with Gasteiger partial charge < -0.3 is 24.3 Å². The zero-order valence-electron chi connectivity index (χ0n) is 20.7. The van der Waals surface area contributed by atoms with Crippen molar-refractivity contribution < 1.29 is 28.1 Å². The third-order valence-corrected chi connectivity index (χ3v) is 6.07. The quantitative estimate of drug-likeness (QED) is 0.215. The first-order valence-corrected chi connectivity index (χ1v) is 12.4. The molecule has 0 spiro atoms. The van der Waals surface area contributed by atoms with Crippen LogP contribution in [0, 0.1) is 15.3 Å². The van der Waals surface area contributed by atoms with Crippen molar-refractivity contribution in [3.8, 4) is 28.7 Å². The van der Waals surface area contributed by atoms with Gasteiger partial charge in [-0.05, 0) is 52.8 Å². The van der Waals surface area contributed by atoms with Crippen LogP contribution in [0.25, 0.3) is 10.9 Å². The van der Waals surface area contributed by atoms with E-state index in [0.717, 1.165) is 0 Å². The van der Waals surface area contributed by atoms with Crippen molar-refractivity contribution in [1.29, 1.82) is 0 Å². The van der Waals surface area contributed by atoms with Gasteiger partial charge in [-0.3, -0.25) is 14.8 Å². The summed E-state index contributed by atoms with van der Waals surface area (Å²) in [5.74, 6) is 1.08. The van der Waals surface area contributed by atoms with Crippen LogP contribution in [-0.2, 0) is 0 Å². The van der Waals surface area contributed by atoms with Crippen molar-refractivity contribution in [1.82, 2.24) is 9.97 Å². The average molecular weight is 617 g/mol. The molecule has 2 aromatic heterocycles. The Morgan fingerprint density at radius 3 is 2.49 bits per heavy atom. The van der Waals surface area contributed by atoms with Crippen LogP contribution in [0.3, 0.4) is 0 Å². The van der Waals surface area contributed by atoms with Crippen LogP contribution in [0.4, 0.5) is 10.1 Å². The Balaban J connectivity index is 1.62. The van der Waals surface area contributed by atoms with Crippen LogP contribution in [0.1, 0.15) is 24.2 Å². The number of pyridine rings is 2. The SMILES string of the molecule is COc1cc2c(Oc3c(F)cc(NC(=O)c4cnccc4OC)cc3I)ccnc2cc1OCC(C)C. The average Bonchev–Trinajstić information content (AvgIpc) is 2.88. The van der Waals surface area contributed by atoms with E-state index in [9.17, 15) is 4.79 Å². The third-order valence-electron chi connectivity index (χ3n) is 5.27. The number of nitrogens with zero attached hydrogens (tertiary/aromatic N) is 2. The van der Waals surface area contributed by atoms with Crippen LogP contribution in [0.2, 0.25) is 0 Å². The molecule has 37 heavy (non-hydrogen) atoms. The molecule has 0 saturated carbocycles. The molecule has 0 aliphatic heterocycles. The summed E-state index contributed by atoms with van der Waals surface area (Å²) in [6, 6.07) is 9.56. The minimum Gasteiger partial charge on any atom is -0.496 e. The van der Waals surface area contributed by atoms with Crippen LogP contribution in [0.15, 0.2) is 55.0 Å². The molecular formula is C27H25FIN3O5. The highest BCUT2D eigenvalue weighted by molar-refractivity contribution is 14.1. The maximum Gasteiger partial charge on any atom is 0.261 e. The molecule has 0 fully saturated rings. The minimum absolute atomic E-state index is 0.0177. The molecule has 0 unspecified atom stereocenters. The highest BCUT2D eigenvalue weighted by Gasteiger charge is 2.18. The Hall–Kier alpha value is -3.67. The number of rotatable bonds is 9. The van der Waals surface area contributed by atoms with Crippen molar-refractivity contribution in [2.45, 2.75) is 13.8 Å². The van der Waals surface area contributed by atoms with Crippen LogP contribution in [0.5, 0.6) is 28.7 Å². The molecule has 0 saturated heterocycles. The van der Waals surface area contributed by atoms with Gasteiger partial charge in [0, 0.05) is 41.8 Å². The molecular weight excluding hydrogens is 592 g/mol. The summed E-state index contributed by atoms with van der Waals surface area (Å²) < 4.78 is 38.3. The maximum atomic E-state index is 15.2. The van der Waals surface area contributed by atoms with E-state index in [2.05, 4.69) is 29.1 Å². The number of ether oxygens (including phenoxy) is 4. The Morgan fingerprint density at radius 2 is 1.78 bits per heavy atom. The number of hydrogen-bond donors (Lipinski definition) is 1. The largest absolute Gasteiger partial charge is 0.496 e. The molecule has 0 atom stereocenters. The second-order valence-corrected chi connectivity index (χ2v) is 9.60. The molecule has 0 bridgehead atoms. The maximum absolute atomic E-state index is 15.2. The lowest BCUT2D eigenvalue weighted by molar-refractivity contribution is 0.102. The molecule has 0 aliphatic rings. The number of nitrogens with one attached hydrogen (secondary N) is 1. The van der Waals surface area contributed by atoms with Gasteiger partial charge in [-0.15, -0.1) is 0 Å². The van der Waals surface area contributed by atoms with Crippen molar-refractivity contribution in [2.24, 2.45) is 5.92 Å². The number of methoxy groups -OCH3 is 2. The summed E-state index contributed by atoms with van der Waals surface area (Å²) in [6.45, 7) is 4.64. The van der Waals surface area contributed by atoms with E-state index < -0.39 is 11.7 Å². The predicted molar refractivity (Wildman–Crippen MR) is 147 cm³/mol. The number of amides is 1. The molecule has 4 rings (SSSR count).